The van der Waals surface area contributed by atoms with Gasteiger partial charge in [-0.25, -0.2) is 9.59 Å². The number of ether oxygens (including phenoxy) is 2. The Balaban J connectivity index is 2.37. The SMILES string of the molecule is CC(C)Oc1ccc(Br)cc1C(=O)Oc1ccc(Cl)cc1C(=O)O. The van der Waals surface area contributed by atoms with Crippen molar-refractivity contribution in [1.82, 2.24) is 0 Å². The lowest BCUT2D eigenvalue weighted by Gasteiger charge is -2.14. The van der Waals surface area contributed by atoms with Crippen LogP contribution >= 0.6 is 27.5 Å². The van der Waals surface area contributed by atoms with Gasteiger partial charge in [-0.2, -0.15) is 0 Å². The smallest absolute Gasteiger partial charge is 0.347 e. The lowest BCUT2D eigenvalue weighted by atomic mass is 10.2. The molecule has 126 valence electrons. The summed E-state index contributed by atoms with van der Waals surface area (Å²) in [5.41, 5.74) is -0.0125. The van der Waals surface area contributed by atoms with E-state index >= 15 is 0 Å². The van der Waals surface area contributed by atoms with Gasteiger partial charge in [0.2, 0.25) is 0 Å². The molecule has 0 aromatic heterocycles. The van der Waals surface area contributed by atoms with Crippen LogP contribution < -0.4 is 9.47 Å². The maximum absolute atomic E-state index is 12.5. The van der Waals surface area contributed by atoms with Gasteiger partial charge in [-0.15, -0.1) is 0 Å². The highest BCUT2D eigenvalue weighted by atomic mass is 79.9. The van der Waals surface area contributed by atoms with Crippen molar-refractivity contribution < 1.29 is 24.2 Å². The Morgan fingerprint density at radius 2 is 1.75 bits per heavy atom. The summed E-state index contributed by atoms with van der Waals surface area (Å²) in [6.45, 7) is 3.66. The molecule has 0 fully saturated rings. The minimum absolute atomic E-state index is 0.0904. The molecular formula is C17H14BrClO5. The van der Waals surface area contributed by atoms with Crippen LogP contribution in [0.1, 0.15) is 34.6 Å². The number of rotatable bonds is 5. The number of carbonyl (C=O) groups excluding carboxylic acids is 1. The van der Waals surface area contributed by atoms with Crippen molar-refractivity contribution in [3.63, 3.8) is 0 Å². The van der Waals surface area contributed by atoms with E-state index in [0.29, 0.717) is 10.2 Å². The number of carbonyl (C=O) groups is 2. The van der Waals surface area contributed by atoms with Crippen molar-refractivity contribution in [3.8, 4) is 11.5 Å². The molecule has 0 aliphatic heterocycles. The molecule has 0 heterocycles. The van der Waals surface area contributed by atoms with Crippen LogP contribution in [0.3, 0.4) is 0 Å². The second-order valence-electron chi connectivity index (χ2n) is 5.14. The summed E-state index contributed by atoms with van der Waals surface area (Å²) in [7, 11) is 0. The predicted octanol–water partition coefficient (Wildman–Crippen LogP) is 4.81. The largest absolute Gasteiger partial charge is 0.490 e. The lowest BCUT2D eigenvalue weighted by Crippen LogP contribution is -2.15. The Labute approximate surface area is 152 Å². The van der Waals surface area contributed by atoms with E-state index in [0.717, 1.165) is 0 Å². The number of hydrogen-bond donors (Lipinski definition) is 1. The van der Waals surface area contributed by atoms with Gasteiger partial charge >= 0.3 is 11.9 Å². The molecule has 0 bridgehead atoms. The Morgan fingerprint density at radius 1 is 1.08 bits per heavy atom. The summed E-state index contributed by atoms with van der Waals surface area (Å²) in [5.74, 6) is -1.71. The zero-order valence-corrected chi connectivity index (χ0v) is 15.2. The van der Waals surface area contributed by atoms with Crippen molar-refractivity contribution in [2.24, 2.45) is 0 Å². The summed E-state index contributed by atoms with van der Waals surface area (Å²) in [5, 5.41) is 9.44. The molecule has 5 nitrogen and oxygen atoms in total. The second kappa shape index (κ2) is 7.68. The third kappa shape index (κ3) is 4.49. The zero-order valence-electron chi connectivity index (χ0n) is 12.9. The fourth-order valence-electron chi connectivity index (χ4n) is 1.93. The van der Waals surface area contributed by atoms with Crippen molar-refractivity contribution in [1.29, 1.82) is 0 Å². The van der Waals surface area contributed by atoms with Gasteiger partial charge in [-0.3, -0.25) is 0 Å². The first-order valence-electron chi connectivity index (χ1n) is 6.99. The predicted molar refractivity (Wildman–Crippen MR) is 93.3 cm³/mol. The van der Waals surface area contributed by atoms with Gasteiger partial charge in [0.25, 0.3) is 0 Å². The fourth-order valence-corrected chi connectivity index (χ4v) is 2.46. The quantitative estimate of drug-likeness (QED) is 0.563. The van der Waals surface area contributed by atoms with Crippen LogP contribution in [0, 0.1) is 0 Å². The molecule has 0 aliphatic rings. The molecular weight excluding hydrogens is 400 g/mol. The third-order valence-electron chi connectivity index (χ3n) is 2.90. The van der Waals surface area contributed by atoms with Crippen LogP contribution in [-0.2, 0) is 0 Å². The van der Waals surface area contributed by atoms with E-state index < -0.39 is 11.9 Å². The van der Waals surface area contributed by atoms with Crippen LogP contribution in [0.15, 0.2) is 40.9 Å². The average Bonchev–Trinajstić information content (AvgIpc) is 2.50. The molecule has 0 radical (unpaired) electrons. The van der Waals surface area contributed by atoms with Crippen LogP contribution in [0.2, 0.25) is 5.02 Å². The second-order valence-corrected chi connectivity index (χ2v) is 6.49. The van der Waals surface area contributed by atoms with E-state index in [1.165, 1.54) is 18.2 Å². The number of hydrogen-bond acceptors (Lipinski definition) is 4. The summed E-state index contributed by atoms with van der Waals surface area (Å²) < 4.78 is 11.5. The Hall–Kier alpha value is -2.05. The topological polar surface area (TPSA) is 72.8 Å². The van der Waals surface area contributed by atoms with Gasteiger partial charge in [-0.1, -0.05) is 27.5 Å². The molecule has 0 aliphatic carbocycles. The number of carboxylic acid groups (broad SMARTS) is 1. The van der Waals surface area contributed by atoms with Crippen LogP contribution in [0.25, 0.3) is 0 Å². The van der Waals surface area contributed by atoms with Crippen molar-refractivity contribution in [2.75, 3.05) is 0 Å². The number of benzene rings is 2. The van der Waals surface area contributed by atoms with E-state index in [9.17, 15) is 14.7 Å². The highest BCUT2D eigenvalue weighted by molar-refractivity contribution is 9.10. The normalized spacial score (nSPS) is 10.5. The molecule has 0 unspecified atom stereocenters. The maximum atomic E-state index is 12.5. The minimum atomic E-state index is -1.24. The monoisotopic (exact) mass is 412 g/mol. The molecule has 0 atom stereocenters. The summed E-state index contributed by atoms with van der Waals surface area (Å²) in [6.07, 6.45) is -0.136. The van der Waals surface area contributed by atoms with Gasteiger partial charge in [0.05, 0.1) is 6.10 Å². The van der Waals surface area contributed by atoms with E-state index in [4.69, 9.17) is 21.1 Å². The number of halogens is 2. The molecule has 0 saturated carbocycles. The first kappa shape index (κ1) is 18.3. The zero-order chi connectivity index (χ0) is 17.9. The molecule has 0 saturated heterocycles. The van der Waals surface area contributed by atoms with Gasteiger partial charge in [-0.05, 0) is 50.2 Å². The molecule has 7 heteroatoms. The summed E-state index contributed by atoms with van der Waals surface area (Å²) in [6, 6.07) is 8.93. The summed E-state index contributed by atoms with van der Waals surface area (Å²) in [4.78, 5) is 23.8. The fraction of sp³-hybridized carbons (Fsp3) is 0.176. The van der Waals surface area contributed by atoms with Crippen LogP contribution in [-0.4, -0.2) is 23.1 Å². The maximum Gasteiger partial charge on any atom is 0.347 e. The number of carboxylic acids is 1. The molecule has 2 rings (SSSR count). The molecule has 0 spiro atoms. The third-order valence-corrected chi connectivity index (χ3v) is 3.63. The number of esters is 1. The van der Waals surface area contributed by atoms with E-state index in [2.05, 4.69) is 15.9 Å². The molecule has 0 amide bonds. The van der Waals surface area contributed by atoms with Crippen molar-refractivity contribution >= 4 is 39.5 Å². The minimum Gasteiger partial charge on any atom is -0.490 e. The highest BCUT2D eigenvalue weighted by Gasteiger charge is 2.20. The first-order valence-corrected chi connectivity index (χ1v) is 8.16. The Kier molecular flexibility index (Phi) is 5.85. The van der Waals surface area contributed by atoms with Crippen molar-refractivity contribution in [3.05, 3.63) is 57.0 Å². The van der Waals surface area contributed by atoms with Crippen LogP contribution in [0.4, 0.5) is 0 Å². The standard InChI is InChI=1S/C17H14BrClO5/c1-9(2)23-15-5-3-10(18)7-13(15)17(22)24-14-6-4-11(19)8-12(14)16(20)21/h3-9H,1-2H3,(H,20,21). The molecule has 2 aromatic carbocycles. The van der Waals surface area contributed by atoms with Gasteiger partial charge in [0.15, 0.2) is 0 Å². The first-order chi connectivity index (χ1) is 11.3. The molecule has 2 aromatic rings. The number of aromatic carboxylic acids is 1. The van der Waals surface area contributed by atoms with Gasteiger partial charge < -0.3 is 14.6 Å². The Bertz CT molecular complexity index is 789. The Morgan fingerprint density at radius 3 is 2.38 bits per heavy atom. The van der Waals surface area contributed by atoms with Gasteiger partial charge in [0.1, 0.15) is 22.6 Å². The van der Waals surface area contributed by atoms with Gasteiger partial charge in [0, 0.05) is 9.50 Å². The lowest BCUT2D eigenvalue weighted by molar-refractivity contribution is 0.0680. The van der Waals surface area contributed by atoms with E-state index in [-0.39, 0.29) is 28.0 Å². The highest BCUT2D eigenvalue weighted by Crippen LogP contribution is 2.28. The van der Waals surface area contributed by atoms with Crippen LogP contribution in [0.5, 0.6) is 11.5 Å². The molecule has 1 N–H and O–H groups in total. The summed E-state index contributed by atoms with van der Waals surface area (Å²) >= 11 is 9.08. The van der Waals surface area contributed by atoms with Crippen molar-refractivity contribution in [2.45, 2.75) is 20.0 Å². The van der Waals surface area contributed by atoms with E-state index in [1.54, 1.807) is 18.2 Å². The average molecular weight is 414 g/mol. The molecule has 24 heavy (non-hydrogen) atoms. The van der Waals surface area contributed by atoms with E-state index in [1.807, 2.05) is 13.8 Å².